The van der Waals surface area contributed by atoms with Crippen molar-refractivity contribution in [1.29, 1.82) is 0 Å². The van der Waals surface area contributed by atoms with E-state index < -0.39 is 0 Å². The van der Waals surface area contributed by atoms with Gasteiger partial charge in [0.2, 0.25) is 0 Å². The van der Waals surface area contributed by atoms with Crippen LogP contribution in [0.25, 0.3) is 0 Å². The van der Waals surface area contributed by atoms with Crippen molar-refractivity contribution in [3.05, 3.63) is 41.1 Å². The van der Waals surface area contributed by atoms with E-state index in [-0.39, 0.29) is 6.10 Å². The quantitative estimate of drug-likeness (QED) is 0.937. The zero-order chi connectivity index (χ0) is 14.4. The molecular formula is C16H21N3O2. The molecular weight excluding hydrogens is 266 g/mol. The molecule has 4 rings (SSSR count). The number of hydrogen-bond acceptors (Lipinski definition) is 4. The van der Waals surface area contributed by atoms with E-state index in [4.69, 9.17) is 4.42 Å². The first kappa shape index (κ1) is 13.1. The van der Waals surface area contributed by atoms with Crippen LogP contribution < -0.4 is 0 Å². The number of nitrogens with zero attached hydrogens (tertiary/aromatic N) is 3. The van der Waals surface area contributed by atoms with Crippen molar-refractivity contribution in [2.24, 2.45) is 5.92 Å². The molecule has 0 amide bonds. The van der Waals surface area contributed by atoms with E-state index in [1.165, 1.54) is 5.69 Å². The largest absolute Gasteiger partial charge is 0.465 e. The average molecular weight is 287 g/mol. The number of aryl methyl sites for hydroxylation is 1. The second-order valence-electron chi connectivity index (χ2n) is 6.29. The van der Waals surface area contributed by atoms with Crippen LogP contribution in [0.3, 0.4) is 0 Å². The highest BCUT2D eigenvalue weighted by Crippen LogP contribution is 2.40. The fourth-order valence-corrected chi connectivity index (χ4v) is 3.07. The zero-order valence-electron chi connectivity index (χ0n) is 12.3. The topological polar surface area (TPSA) is 54.4 Å². The van der Waals surface area contributed by atoms with Gasteiger partial charge in [0, 0.05) is 13.1 Å². The summed E-state index contributed by atoms with van der Waals surface area (Å²) in [4.78, 5) is 2.36. The van der Waals surface area contributed by atoms with E-state index in [1.807, 2.05) is 23.7 Å². The van der Waals surface area contributed by atoms with Gasteiger partial charge in [0.05, 0.1) is 24.5 Å². The van der Waals surface area contributed by atoms with Crippen molar-refractivity contribution in [1.82, 2.24) is 14.7 Å². The second-order valence-corrected chi connectivity index (χ2v) is 6.29. The Morgan fingerprint density at radius 3 is 2.95 bits per heavy atom. The van der Waals surface area contributed by atoms with Crippen LogP contribution in [0.15, 0.2) is 22.6 Å². The minimum atomic E-state index is -0.371. The minimum Gasteiger partial charge on any atom is -0.465 e. The van der Waals surface area contributed by atoms with Crippen LogP contribution in [0.2, 0.25) is 0 Å². The van der Waals surface area contributed by atoms with Crippen LogP contribution in [-0.4, -0.2) is 26.3 Å². The van der Waals surface area contributed by atoms with E-state index in [0.717, 1.165) is 56.2 Å². The summed E-state index contributed by atoms with van der Waals surface area (Å²) in [6.07, 6.45) is 1.89. The van der Waals surface area contributed by atoms with Crippen LogP contribution in [-0.2, 0) is 19.6 Å². The smallest absolute Gasteiger partial charge is 0.118 e. The molecule has 2 aromatic rings. The van der Waals surface area contributed by atoms with Crippen LogP contribution in [0, 0.1) is 12.8 Å². The van der Waals surface area contributed by atoms with Gasteiger partial charge in [0.25, 0.3) is 0 Å². The van der Waals surface area contributed by atoms with Crippen LogP contribution in [0.1, 0.15) is 41.9 Å². The van der Waals surface area contributed by atoms with E-state index in [9.17, 15) is 5.11 Å². The SMILES string of the molecule is Cc1ccc(CN2CCn3nc([C@@H](O)C4CC4)cc3C2)o1. The number of aromatic nitrogens is 2. The number of aliphatic hydroxyl groups excluding tert-OH is 1. The molecule has 2 aliphatic rings. The van der Waals surface area contributed by atoms with Crippen molar-refractivity contribution in [2.75, 3.05) is 6.54 Å². The summed E-state index contributed by atoms with van der Waals surface area (Å²) in [7, 11) is 0. The molecule has 2 aromatic heterocycles. The van der Waals surface area contributed by atoms with Gasteiger partial charge in [-0.2, -0.15) is 5.10 Å². The fourth-order valence-electron chi connectivity index (χ4n) is 3.07. The van der Waals surface area contributed by atoms with Crippen molar-refractivity contribution in [3.8, 4) is 0 Å². The molecule has 0 saturated heterocycles. The van der Waals surface area contributed by atoms with E-state index in [1.54, 1.807) is 0 Å². The van der Waals surface area contributed by atoms with Gasteiger partial charge in [-0.15, -0.1) is 0 Å². The van der Waals surface area contributed by atoms with Crippen LogP contribution in [0.4, 0.5) is 0 Å². The third-order valence-electron chi connectivity index (χ3n) is 4.44. The Morgan fingerprint density at radius 2 is 2.24 bits per heavy atom. The molecule has 5 heteroatoms. The Bertz CT molecular complexity index is 642. The maximum atomic E-state index is 10.2. The van der Waals surface area contributed by atoms with E-state index in [2.05, 4.69) is 16.1 Å². The fraction of sp³-hybridized carbons (Fsp3) is 0.562. The molecule has 0 spiro atoms. The Labute approximate surface area is 124 Å². The molecule has 1 atom stereocenters. The Hall–Kier alpha value is -1.59. The molecule has 0 unspecified atom stereocenters. The zero-order valence-corrected chi connectivity index (χ0v) is 12.3. The van der Waals surface area contributed by atoms with Gasteiger partial charge < -0.3 is 9.52 Å². The lowest BCUT2D eigenvalue weighted by atomic mass is 10.1. The van der Waals surface area contributed by atoms with Crippen molar-refractivity contribution in [2.45, 2.75) is 45.5 Å². The maximum Gasteiger partial charge on any atom is 0.118 e. The Morgan fingerprint density at radius 1 is 1.38 bits per heavy atom. The summed E-state index contributed by atoms with van der Waals surface area (Å²) in [5.74, 6) is 2.41. The highest BCUT2D eigenvalue weighted by Gasteiger charge is 2.33. The maximum absolute atomic E-state index is 10.2. The molecule has 0 aromatic carbocycles. The van der Waals surface area contributed by atoms with E-state index >= 15 is 0 Å². The second kappa shape index (κ2) is 5.00. The van der Waals surface area contributed by atoms with Gasteiger partial charge in [0.15, 0.2) is 0 Å². The summed E-state index contributed by atoms with van der Waals surface area (Å²) < 4.78 is 7.70. The molecule has 1 fully saturated rings. The Kier molecular flexibility index (Phi) is 3.12. The summed E-state index contributed by atoms with van der Waals surface area (Å²) in [5.41, 5.74) is 2.04. The van der Waals surface area contributed by atoms with Gasteiger partial charge in [-0.3, -0.25) is 9.58 Å². The molecule has 0 radical (unpaired) electrons. The first-order chi connectivity index (χ1) is 10.2. The molecule has 1 saturated carbocycles. The minimum absolute atomic E-state index is 0.371. The van der Waals surface area contributed by atoms with E-state index in [0.29, 0.717) is 5.92 Å². The highest BCUT2D eigenvalue weighted by atomic mass is 16.3. The highest BCUT2D eigenvalue weighted by molar-refractivity contribution is 5.16. The first-order valence-corrected chi connectivity index (χ1v) is 7.71. The predicted octanol–water partition coefficient (Wildman–Crippen LogP) is 2.24. The number of aliphatic hydroxyl groups is 1. The van der Waals surface area contributed by atoms with Crippen LogP contribution >= 0.6 is 0 Å². The lowest BCUT2D eigenvalue weighted by Crippen LogP contribution is -2.33. The lowest BCUT2D eigenvalue weighted by Gasteiger charge is -2.26. The average Bonchev–Trinajstić information content (AvgIpc) is 3.11. The number of fused-ring (bicyclic) bond motifs is 1. The standard InChI is InChI=1S/C16H21N3O2/c1-11-2-5-14(21-11)10-18-6-7-19-13(9-18)8-15(17-19)16(20)12-3-4-12/h2,5,8,12,16,20H,3-4,6-7,9-10H2,1H3/t16-/m0/s1. The summed E-state index contributed by atoms with van der Waals surface area (Å²) in [6.45, 7) is 5.52. The molecule has 112 valence electrons. The van der Waals surface area contributed by atoms with Gasteiger partial charge in [0.1, 0.15) is 17.6 Å². The monoisotopic (exact) mass is 287 g/mol. The molecule has 1 N–H and O–H groups in total. The first-order valence-electron chi connectivity index (χ1n) is 7.71. The molecule has 1 aliphatic carbocycles. The van der Waals surface area contributed by atoms with Gasteiger partial charge in [-0.25, -0.2) is 0 Å². The molecule has 0 bridgehead atoms. The molecule has 21 heavy (non-hydrogen) atoms. The molecule has 5 nitrogen and oxygen atoms in total. The summed E-state index contributed by atoms with van der Waals surface area (Å²) in [6, 6.07) is 6.12. The summed E-state index contributed by atoms with van der Waals surface area (Å²) in [5, 5.41) is 14.8. The molecule has 1 aliphatic heterocycles. The van der Waals surface area contributed by atoms with Crippen molar-refractivity contribution < 1.29 is 9.52 Å². The number of rotatable bonds is 4. The van der Waals surface area contributed by atoms with Gasteiger partial charge in [-0.05, 0) is 43.9 Å². The van der Waals surface area contributed by atoms with Crippen molar-refractivity contribution >= 4 is 0 Å². The van der Waals surface area contributed by atoms with Gasteiger partial charge >= 0.3 is 0 Å². The van der Waals surface area contributed by atoms with Crippen molar-refractivity contribution in [3.63, 3.8) is 0 Å². The Balaban J connectivity index is 1.46. The summed E-state index contributed by atoms with van der Waals surface area (Å²) >= 11 is 0. The third-order valence-corrected chi connectivity index (χ3v) is 4.44. The lowest BCUT2D eigenvalue weighted by molar-refractivity contribution is 0.147. The third kappa shape index (κ3) is 2.63. The molecule has 3 heterocycles. The number of hydrogen-bond donors (Lipinski definition) is 1. The number of furan rings is 1. The predicted molar refractivity (Wildman–Crippen MR) is 77.5 cm³/mol. The normalized spacial score (nSPS) is 20.5. The van der Waals surface area contributed by atoms with Crippen LogP contribution in [0.5, 0.6) is 0 Å². The van der Waals surface area contributed by atoms with Gasteiger partial charge in [-0.1, -0.05) is 0 Å².